The lowest BCUT2D eigenvalue weighted by Crippen LogP contribution is -2.22. The Morgan fingerprint density at radius 2 is 1.69 bits per heavy atom. The Hall–Kier alpha value is -4.24. The van der Waals surface area contributed by atoms with Crippen LogP contribution in [0.25, 0.3) is 28.0 Å². The maximum absolute atomic E-state index is 13.7. The summed E-state index contributed by atoms with van der Waals surface area (Å²) < 4.78 is 24.3. The molecule has 0 aliphatic carbocycles. The summed E-state index contributed by atoms with van der Waals surface area (Å²) >= 11 is 1.40. The Morgan fingerprint density at radius 3 is 2.41 bits per heavy atom. The SMILES string of the molecule is COc1ccc(OC)c(-n2c(SCc3nc(-c4ccc(OC(C)C)cc4)oc3C)nc3ccccc3c2=O)c1. The molecule has 0 bridgehead atoms. The summed E-state index contributed by atoms with van der Waals surface area (Å²) in [5, 5.41) is 1.01. The van der Waals surface area contributed by atoms with Crippen LogP contribution >= 0.6 is 11.8 Å². The van der Waals surface area contributed by atoms with E-state index in [9.17, 15) is 4.79 Å². The Balaban J connectivity index is 1.51. The minimum absolute atomic E-state index is 0.0986. The summed E-state index contributed by atoms with van der Waals surface area (Å²) in [5.41, 5.74) is 2.58. The number of aryl methyl sites for hydroxylation is 1. The van der Waals surface area contributed by atoms with Crippen LogP contribution in [0.5, 0.6) is 17.2 Å². The molecule has 200 valence electrons. The van der Waals surface area contributed by atoms with Crippen molar-refractivity contribution in [3.8, 4) is 34.4 Å². The van der Waals surface area contributed by atoms with Gasteiger partial charge in [-0.05, 0) is 69.3 Å². The van der Waals surface area contributed by atoms with Crippen LogP contribution in [-0.2, 0) is 5.75 Å². The van der Waals surface area contributed by atoms with Gasteiger partial charge in [-0.15, -0.1) is 0 Å². The lowest BCUT2D eigenvalue weighted by molar-refractivity contribution is 0.242. The number of nitrogens with zero attached hydrogens (tertiary/aromatic N) is 3. The molecule has 3 aromatic carbocycles. The van der Waals surface area contributed by atoms with Crippen LogP contribution in [0.1, 0.15) is 25.3 Å². The van der Waals surface area contributed by atoms with Crippen molar-refractivity contribution in [2.45, 2.75) is 37.8 Å². The van der Waals surface area contributed by atoms with Gasteiger partial charge in [0, 0.05) is 17.4 Å². The van der Waals surface area contributed by atoms with Gasteiger partial charge in [0.05, 0.1) is 42.6 Å². The number of fused-ring (bicyclic) bond motifs is 1. The summed E-state index contributed by atoms with van der Waals surface area (Å²) in [4.78, 5) is 23.3. The Morgan fingerprint density at radius 1 is 0.949 bits per heavy atom. The van der Waals surface area contributed by atoms with Crippen LogP contribution < -0.4 is 19.8 Å². The van der Waals surface area contributed by atoms with Crippen molar-refractivity contribution >= 4 is 22.7 Å². The first-order valence-electron chi connectivity index (χ1n) is 12.5. The molecule has 2 aromatic heterocycles. The van der Waals surface area contributed by atoms with E-state index in [1.165, 1.54) is 11.8 Å². The van der Waals surface area contributed by atoms with E-state index in [1.807, 2.05) is 63.2 Å². The van der Waals surface area contributed by atoms with Gasteiger partial charge in [0.2, 0.25) is 5.89 Å². The summed E-state index contributed by atoms with van der Waals surface area (Å²) in [6.07, 6.45) is 0.0986. The van der Waals surface area contributed by atoms with Gasteiger partial charge in [0.25, 0.3) is 5.56 Å². The number of rotatable bonds is 9. The zero-order valence-electron chi connectivity index (χ0n) is 22.4. The molecule has 0 N–H and O–H groups in total. The highest BCUT2D eigenvalue weighted by Crippen LogP contribution is 2.33. The van der Waals surface area contributed by atoms with E-state index < -0.39 is 0 Å². The third-order valence-electron chi connectivity index (χ3n) is 6.08. The van der Waals surface area contributed by atoms with Gasteiger partial charge in [-0.2, -0.15) is 0 Å². The third kappa shape index (κ3) is 5.49. The van der Waals surface area contributed by atoms with Gasteiger partial charge in [0.1, 0.15) is 23.0 Å². The monoisotopic (exact) mass is 543 g/mol. The van der Waals surface area contributed by atoms with Gasteiger partial charge in [-0.3, -0.25) is 9.36 Å². The highest BCUT2D eigenvalue weighted by atomic mass is 32.2. The third-order valence-corrected chi connectivity index (χ3v) is 7.03. The fourth-order valence-corrected chi connectivity index (χ4v) is 5.17. The van der Waals surface area contributed by atoms with E-state index in [0.717, 1.165) is 17.0 Å². The number of ether oxygens (including phenoxy) is 3. The molecule has 0 aliphatic rings. The molecule has 0 saturated carbocycles. The Labute approximate surface area is 230 Å². The summed E-state index contributed by atoms with van der Waals surface area (Å²) in [6, 6.07) is 20.3. The van der Waals surface area contributed by atoms with E-state index in [0.29, 0.717) is 50.6 Å². The molecule has 0 radical (unpaired) electrons. The molecule has 9 heteroatoms. The number of thioether (sulfide) groups is 1. The maximum Gasteiger partial charge on any atom is 0.266 e. The van der Waals surface area contributed by atoms with E-state index >= 15 is 0 Å². The first kappa shape index (κ1) is 26.4. The van der Waals surface area contributed by atoms with Gasteiger partial charge >= 0.3 is 0 Å². The molecule has 0 aliphatic heterocycles. The zero-order valence-corrected chi connectivity index (χ0v) is 23.2. The number of hydrogen-bond acceptors (Lipinski definition) is 8. The fourth-order valence-electron chi connectivity index (χ4n) is 4.16. The number of hydrogen-bond donors (Lipinski definition) is 0. The zero-order chi connectivity index (χ0) is 27.5. The predicted molar refractivity (Wildman–Crippen MR) is 152 cm³/mol. The summed E-state index contributed by atoms with van der Waals surface area (Å²) in [6.45, 7) is 5.86. The molecule has 39 heavy (non-hydrogen) atoms. The molecule has 8 nitrogen and oxygen atoms in total. The Kier molecular flexibility index (Phi) is 7.60. The van der Waals surface area contributed by atoms with Crippen molar-refractivity contribution in [2.24, 2.45) is 0 Å². The Bertz CT molecular complexity index is 1680. The normalized spacial score (nSPS) is 11.2. The van der Waals surface area contributed by atoms with Crippen molar-refractivity contribution in [1.29, 1.82) is 0 Å². The largest absolute Gasteiger partial charge is 0.497 e. The van der Waals surface area contributed by atoms with Crippen molar-refractivity contribution in [3.63, 3.8) is 0 Å². The molecule has 0 fully saturated rings. The topological polar surface area (TPSA) is 88.6 Å². The van der Waals surface area contributed by atoms with Crippen molar-refractivity contribution in [3.05, 3.63) is 88.5 Å². The first-order valence-corrected chi connectivity index (χ1v) is 13.5. The minimum Gasteiger partial charge on any atom is -0.497 e. The highest BCUT2D eigenvalue weighted by Gasteiger charge is 2.19. The molecular formula is C30H29N3O5S. The van der Waals surface area contributed by atoms with E-state index in [-0.39, 0.29) is 11.7 Å². The molecule has 0 spiro atoms. The van der Waals surface area contributed by atoms with E-state index in [4.69, 9.17) is 28.6 Å². The molecule has 0 unspecified atom stereocenters. The van der Waals surface area contributed by atoms with Crippen molar-refractivity contribution in [2.75, 3.05) is 14.2 Å². The molecule has 5 rings (SSSR count). The van der Waals surface area contributed by atoms with Crippen molar-refractivity contribution < 1.29 is 18.6 Å². The van der Waals surface area contributed by atoms with Crippen LogP contribution in [0.4, 0.5) is 0 Å². The first-order chi connectivity index (χ1) is 18.9. The molecule has 0 amide bonds. The van der Waals surface area contributed by atoms with Gasteiger partial charge in [0.15, 0.2) is 5.16 Å². The van der Waals surface area contributed by atoms with E-state index in [1.54, 1.807) is 43.1 Å². The van der Waals surface area contributed by atoms with Crippen LogP contribution in [0.2, 0.25) is 0 Å². The van der Waals surface area contributed by atoms with Gasteiger partial charge in [-0.25, -0.2) is 9.97 Å². The fraction of sp³-hybridized carbons (Fsp3) is 0.233. The number of aromatic nitrogens is 3. The summed E-state index contributed by atoms with van der Waals surface area (Å²) in [5.74, 6) is 3.60. The number of benzene rings is 3. The smallest absolute Gasteiger partial charge is 0.266 e. The molecule has 2 heterocycles. The lowest BCUT2D eigenvalue weighted by atomic mass is 10.2. The lowest BCUT2D eigenvalue weighted by Gasteiger charge is -2.16. The van der Waals surface area contributed by atoms with Gasteiger partial charge < -0.3 is 18.6 Å². The second kappa shape index (κ2) is 11.2. The van der Waals surface area contributed by atoms with Gasteiger partial charge in [-0.1, -0.05) is 23.9 Å². The average Bonchev–Trinajstić information content (AvgIpc) is 3.32. The molecule has 0 atom stereocenters. The maximum atomic E-state index is 13.7. The minimum atomic E-state index is -0.198. The quantitative estimate of drug-likeness (QED) is 0.155. The van der Waals surface area contributed by atoms with E-state index in [2.05, 4.69) is 0 Å². The highest BCUT2D eigenvalue weighted by molar-refractivity contribution is 7.98. The van der Waals surface area contributed by atoms with Crippen LogP contribution in [0.3, 0.4) is 0 Å². The van der Waals surface area contributed by atoms with Crippen LogP contribution in [0.15, 0.2) is 81.1 Å². The second-order valence-corrected chi connectivity index (χ2v) is 10.0. The number of methoxy groups -OCH3 is 2. The van der Waals surface area contributed by atoms with Crippen molar-refractivity contribution in [1.82, 2.24) is 14.5 Å². The van der Waals surface area contributed by atoms with Crippen LogP contribution in [-0.4, -0.2) is 34.9 Å². The molecule has 5 aromatic rings. The predicted octanol–water partition coefficient (Wildman–Crippen LogP) is 6.45. The molecular weight excluding hydrogens is 514 g/mol. The second-order valence-electron chi connectivity index (χ2n) is 9.09. The number of para-hydroxylation sites is 1. The summed E-state index contributed by atoms with van der Waals surface area (Å²) in [7, 11) is 3.15. The average molecular weight is 544 g/mol. The standard InChI is InChI=1S/C30H29N3O5S/c1-18(2)37-21-12-10-20(11-13-21)28-31-25(19(3)38-28)17-39-30-32-24-9-7-6-8-23(24)29(34)33(30)26-16-22(35-4)14-15-27(26)36-5/h6-16,18H,17H2,1-5H3. The van der Waals surface area contributed by atoms with Crippen LogP contribution in [0, 0.1) is 6.92 Å². The molecule has 0 saturated heterocycles. The number of oxazole rings is 1.